The van der Waals surface area contributed by atoms with E-state index < -0.39 is 6.10 Å². The van der Waals surface area contributed by atoms with Crippen LogP contribution in [-0.4, -0.2) is 22.0 Å². The number of hydrogen-bond donors (Lipinski definition) is 2. The Hall–Kier alpha value is -2.89. The maximum Gasteiger partial charge on any atom is 0.261 e. The fraction of sp³-hybridized carbons (Fsp3) is 0.300. The van der Waals surface area contributed by atoms with Crippen LogP contribution in [0.3, 0.4) is 0 Å². The molecule has 0 aliphatic carbocycles. The second-order valence-corrected chi connectivity index (χ2v) is 6.58. The van der Waals surface area contributed by atoms with E-state index in [1.165, 1.54) is 24.3 Å². The first kappa shape index (κ1) is 17.9. The predicted octanol–water partition coefficient (Wildman–Crippen LogP) is 3.98. The quantitative estimate of drug-likeness (QED) is 0.703. The Kier molecular flexibility index (Phi) is 5.21. The zero-order valence-corrected chi connectivity index (χ0v) is 15.0. The average molecular weight is 355 g/mol. The molecule has 3 rings (SSSR count). The summed E-state index contributed by atoms with van der Waals surface area (Å²) in [6, 6.07) is 13.1. The molecular weight excluding hydrogens is 333 g/mol. The number of halogens is 1. The number of hydrogen-bond acceptors (Lipinski definition) is 3. The molecule has 1 amide bonds. The van der Waals surface area contributed by atoms with Gasteiger partial charge in [-0.3, -0.25) is 4.79 Å². The third kappa shape index (κ3) is 4.02. The Morgan fingerprint density at radius 2 is 1.81 bits per heavy atom. The van der Waals surface area contributed by atoms with E-state index in [1.807, 2.05) is 38.1 Å². The van der Waals surface area contributed by atoms with Crippen LogP contribution in [-0.2, 0) is 4.79 Å². The summed E-state index contributed by atoms with van der Waals surface area (Å²) in [7, 11) is 0. The van der Waals surface area contributed by atoms with Crippen LogP contribution in [0.25, 0.3) is 11.0 Å². The molecule has 1 heterocycles. The highest BCUT2D eigenvalue weighted by molar-refractivity contribution is 5.81. The monoisotopic (exact) mass is 355 g/mol. The summed E-state index contributed by atoms with van der Waals surface area (Å²) in [6.07, 6.45) is -0.717. The molecule has 0 saturated heterocycles. The van der Waals surface area contributed by atoms with Crippen LogP contribution in [0.2, 0.25) is 0 Å². The molecule has 136 valence electrons. The minimum Gasteiger partial charge on any atom is -0.481 e. The number of carbonyl (C=O) groups is 1. The van der Waals surface area contributed by atoms with Crippen molar-refractivity contribution in [3.8, 4) is 5.75 Å². The first-order chi connectivity index (χ1) is 12.4. The van der Waals surface area contributed by atoms with E-state index in [1.54, 1.807) is 6.92 Å². The van der Waals surface area contributed by atoms with Crippen molar-refractivity contribution in [2.75, 3.05) is 0 Å². The molecule has 2 aromatic carbocycles. The van der Waals surface area contributed by atoms with Gasteiger partial charge in [-0.2, -0.15) is 0 Å². The SMILES string of the molecule is CC(Oc1ccc(F)cc1)C(=O)NC(c1nc2ccccc2[nH]1)C(C)C. The standard InChI is InChI=1S/C20H22FN3O2/c1-12(2)18(19-22-16-6-4-5-7-17(16)23-19)24-20(25)13(3)26-15-10-8-14(21)9-11-15/h4-13,18H,1-3H3,(H,22,23)(H,24,25). The number of benzene rings is 2. The lowest BCUT2D eigenvalue weighted by atomic mass is 10.0. The predicted molar refractivity (Wildman–Crippen MR) is 98.3 cm³/mol. The summed E-state index contributed by atoms with van der Waals surface area (Å²) >= 11 is 0. The van der Waals surface area contributed by atoms with Crippen LogP contribution in [0.1, 0.15) is 32.6 Å². The lowest BCUT2D eigenvalue weighted by Crippen LogP contribution is -2.40. The first-order valence-corrected chi connectivity index (χ1v) is 8.61. The lowest BCUT2D eigenvalue weighted by molar-refractivity contribution is -0.128. The zero-order chi connectivity index (χ0) is 18.7. The van der Waals surface area contributed by atoms with Crippen LogP contribution in [0, 0.1) is 11.7 Å². The minimum atomic E-state index is -0.717. The number of para-hydroxylation sites is 2. The van der Waals surface area contributed by atoms with Crippen LogP contribution >= 0.6 is 0 Å². The molecule has 0 saturated carbocycles. The van der Waals surface area contributed by atoms with Crippen LogP contribution in [0.4, 0.5) is 4.39 Å². The maximum absolute atomic E-state index is 13.0. The first-order valence-electron chi connectivity index (χ1n) is 8.61. The van der Waals surface area contributed by atoms with E-state index in [4.69, 9.17) is 4.74 Å². The number of nitrogens with one attached hydrogen (secondary N) is 2. The third-order valence-corrected chi connectivity index (χ3v) is 4.16. The molecule has 2 unspecified atom stereocenters. The number of amides is 1. The lowest BCUT2D eigenvalue weighted by Gasteiger charge is -2.23. The van der Waals surface area contributed by atoms with Crippen molar-refractivity contribution in [1.29, 1.82) is 0 Å². The highest BCUT2D eigenvalue weighted by Crippen LogP contribution is 2.22. The molecule has 1 aromatic heterocycles. The molecule has 0 fully saturated rings. The summed E-state index contributed by atoms with van der Waals surface area (Å²) in [5.74, 6) is 0.688. The summed E-state index contributed by atoms with van der Waals surface area (Å²) in [5.41, 5.74) is 1.79. The van der Waals surface area contributed by atoms with Gasteiger partial charge in [-0.25, -0.2) is 9.37 Å². The largest absolute Gasteiger partial charge is 0.481 e. The molecule has 0 radical (unpaired) electrons. The summed E-state index contributed by atoms with van der Waals surface area (Å²) in [6.45, 7) is 5.70. The Balaban J connectivity index is 1.72. The van der Waals surface area contributed by atoms with E-state index in [-0.39, 0.29) is 23.7 Å². The van der Waals surface area contributed by atoms with E-state index in [0.29, 0.717) is 11.6 Å². The normalized spacial score (nSPS) is 13.6. The molecule has 6 heteroatoms. The number of aromatic amines is 1. The number of fused-ring (bicyclic) bond motifs is 1. The van der Waals surface area contributed by atoms with Gasteiger partial charge >= 0.3 is 0 Å². The fourth-order valence-corrected chi connectivity index (χ4v) is 2.71. The molecule has 26 heavy (non-hydrogen) atoms. The minimum absolute atomic E-state index is 0.137. The molecule has 0 spiro atoms. The van der Waals surface area contributed by atoms with Gasteiger partial charge in [0.25, 0.3) is 5.91 Å². The number of imidazole rings is 1. The summed E-state index contributed by atoms with van der Waals surface area (Å²) < 4.78 is 18.6. The van der Waals surface area contributed by atoms with Gasteiger partial charge in [-0.1, -0.05) is 26.0 Å². The molecule has 2 N–H and O–H groups in total. The molecule has 0 aliphatic heterocycles. The summed E-state index contributed by atoms with van der Waals surface area (Å²) in [5, 5.41) is 2.99. The van der Waals surface area contributed by atoms with Gasteiger partial charge in [0.15, 0.2) is 6.10 Å². The van der Waals surface area contributed by atoms with E-state index in [0.717, 1.165) is 11.0 Å². The Bertz CT molecular complexity index is 856. The highest BCUT2D eigenvalue weighted by Gasteiger charge is 2.25. The van der Waals surface area contributed by atoms with Gasteiger partial charge in [0.1, 0.15) is 17.4 Å². The maximum atomic E-state index is 13.0. The Morgan fingerprint density at radius 3 is 2.46 bits per heavy atom. The van der Waals surface area contributed by atoms with Gasteiger partial charge in [0, 0.05) is 0 Å². The van der Waals surface area contributed by atoms with Crippen molar-refractivity contribution in [3.63, 3.8) is 0 Å². The van der Waals surface area contributed by atoms with Gasteiger partial charge in [-0.05, 0) is 49.2 Å². The number of ether oxygens (including phenoxy) is 1. The highest BCUT2D eigenvalue weighted by atomic mass is 19.1. The molecular formula is C20H22FN3O2. The van der Waals surface area contributed by atoms with E-state index >= 15 is 0 Å². The van der Waals surface area contributed by atoms with Crippen molar-refractivity contribution in [3.05, 3.63) is 60.2 Å². The number of aromatic nitrogens is 2. The Labute approximate surface area is 151 Å². The van der Waals surface area contributed by atoms with E-state index in [9.17, 15) is 9.18 Å². The van der Waals surface area contributed by atoms with Crippen molar-refractivity contribution < 1.29 is 13.9 Å². The fourth-order valence-electron chi connectivity index (χ4n) is 2.71. The Morgan fingerprint density at radius 1 is 1.12 bits per heavy atom. The van der Waals surface area contributed by atoms with Crippen molar-refractivity contribution in [2.24, 2.45) is 5.92 Å². The van der Waals surface area contributed by atoms with Crippen molar-refractivity contribution >= 4 is 16.9 Å². The van der Waals surface area contributed by atoms with Gasteiger partial charge in [0.05, 0.1) is 17.1 Å². The van der Waals surface area contributed by atoms with Crippen LogP contribution in [0.15, 0.2) is 48.5 Å². The smallest absolute Gasteiger partial charge is 0.261 e. The second-order valence-electron chi connectivity index (χ2n) is 6.58. The number of H-pyrrole nitrogens is 1. The second kappa shape index (κ2) is 7.56. The molecule has 2 atom stereocenters. The molecule has 0 aliphatic rings. The zero-order valence-electron chi connectivity index (χ0n) is 15.0. The van der Waals surface area contributed by atoms with Gasteiger partial charge in [-0.15, -0.1) is 0 Å². The van der Waals surface area contributed by atoms with Crippen molar-refractivity contribution in [1.82, 2.24) is 15.3 Å². The van der Waals surface area contributed by atoms with Crippen LogP contribution < -0.4 is 10.1 Å². The van der Waals surface area contributed by atoms with E-state index in [2.05, 4.69) is 15.3 Å². The van der Waals surface area contributed by atoms with Crippen molar-refractivity contribution in [2.45, 2.75) is 32.9 Å². The average Bonchev–Trinajstić information content (AvgIpc) is 3.04. The number of nitrogens with zero attached hydrogens (tertiary/aromatic N) is 1. The number of carbonyl (C=O) groups excluding carboxylic acids is 1. The topological polar surface area (TPSA) is 67.0 Å². The molecule has 5 nitrogen and oxygen atoms in total. The summed E-state index contributed by atoms with van der Waals surface area (Å²) in [4.78, 5) is 20.4. The van der Waals surface area contributed by atoms with Gasteiger partial charge in [0.2, 0.25) is 0 Å². The van der Waals surface area contributed by atoms with Gasteiger partial charge < -0.3 is 15.0 Å². The third-order valence-electron chi connectivity index (χ3n) is 4.16. The number of rotatable bonds is 6. The molecule has 0 bridgehead atoms. The molecule has 3 aromatic rings. The van der Waals surface area contributed by atoms with Crippen LogP contribution in [0.5, 0.6) is 5.75 Å².